The Morgan fingerprint density at radius 3 is 3.00 bits per heavy atom. The van der Waals surface area contributed by atoms with Crippen LogP contribution in [-0.4, -0.2) is 29.3 Å². The monoisotopic (exact) mass is 254 g/mol. The number of aromatic amines is 1. The molecule has 0 saturated carbocycles. The van der Waals surface area contributed by atoms with Crippen molar-refractivity contribution in [2.75, 3.05) is 18.0 Å². The first kappa shape index (κ1) is 13.5. The number of aromatic nitrogens is 1. The normalized spacial score (nSPS) is 20.1. The Labute approximate surface area is 122 Å². The molecule has 0 spiro atoms. The number of nitrogens with zero attached hydrogens (tertiary/aromatic N) is 1. The third-order valence-corrected chi connectivity index (χ3v) is 3.19. The number of H-pyrrole nitrogens is 1. The third kappa shape index (κ3) is 2.96. The maximum absolute atomic E-state index is 9.40. The van der Waals surface area contributed by atoms with Crippen molar-refractivity contribution in [1.82, 2.24) is 4.98 Å². The Morgan fingerprint density at radius 2 is 2.40 bits per heavy atom. The Balaban J connectivity index is 0.00000112. The molecule has 1 aliphatic rings. The van der Waals surface area contributed by atoms with Gasteiger partial charge in [0.05, 0.1) is 15.6 Å². The predicted octanol–water partition coefficient (Wildman–Crippen LogP) is -0.915. The average molecular weight is 255 g/mol. The maximum atomic E-state index is 9.40. The fraction of sp³-hybridized carbons (Fsp3) is 0.444. The number of anilines is 1. The molecule has 1 unspecified atom stereocenters. The number of aliphatic hydroxyl groups is 1. The summed E-state index contributed by atoms with van der Waals surface area (Å²) in [7, 11) is 0. The summed E-state index contributed by atoms with van der Waals surface area (Å²) >= 11 is 11.1. The smallest absolute Gasteiger partial charge is 1.00 e. The molecule has 0 aromatic carbocycles. The van der Waals surface area contributed by atoms with Gasteiger partial charge in [0, 0.05) is 19.3 Å². The summed E-state index contributed by atoms with van der Waals surface area (Å²) in [5.41, 5.74) is 0. The molecule has 2 heterocycles. The van der Waals surface area contributed by atoms with E-state index in [-0.39, 0.29) is 37.1 Å². The zero-order valence-electron chi connectivity index (χ0n) is 9.53. The van der Waals surface area contributed by atoms with Gasteiger partial charge in [-0.25, -0.2) is 0 Å². The second kappa shape index (κ2) is 5.66. The first-order valence-electron chi connectivity index (χ1n) is 4.48. The number of rotatable bonds is 1. The van der Waals surface area contributed by atoms with Gasteiger partial charge in [-0.2, -0.15) is 0 Å². The average Bonchev–Trinajstić information content (AvgIpc) is 2.57. The second-order valence-corrected chi connectivity index (χ2v) is 4.21. The van der Waals surface area contributed by atoms with Crippen molar-refractivity contribution in [3.05, 3.63) is 21.8 Å². The zero-order chi connectivity index (χ0) is 10.1. The van der Waals surface area contributed by atoms with Crippen molar-refractivity contribution in [2.45, 2.75) is 12.5 Å². The van der Waals surface area contributed by atoms with Gasteiger partial charge in [0.25, 0.3) is 0 Å². The molecule has 0 aliphatic carbocycles. The van der Waals surface area contributed by atoms with E-state index < -0.39 is 0 Å². The van der Waals surface area contributed by atoms with Gasteiger partial charge in [0.15, 0.2) is 0 Å². The molecule has 1 aliphatic heterocycles. The first-order valence-corrected chi connectivity index (χ1v) is 5.27. The third-order valence-electron chi connectivity index (χ3n) is 2.36. The van der Waals surface area contributed by atoms with Crippen molar-refractivity contribution < 1.29 is 36.1 Å². The van der Waals surface area contributed by atoms with Gasteiger partial charge in [-0.05, 0) is 12.5 Å². The van der Waals surface area contributed by atoms with E-state index in [1.54, 1.807) is 12.3 Å². The molecular weight excluding hydrogens is 243 g/mol. The van der Waals surface area contributed by atoms with Crippen LogP contribution in [0, 0.1) is 4.51 Å². The summed E-state index contributed by atoms with van der Waals surface area (Å²) in [5, 5.41) is 9.96. The van der Waals surface area contributed by atoms with Crippen LogP contribution in [0.4, 0.5) is 5.82 Å². The first-order chi connectivity index (χ1) is 6.68. The molecule has 1 aromatic heterocycles. The molecule has 0 amide bonds. The minimum absolute atomic E-state index is 0. The summed E-state index contributed by atoms with van der Waals surface area (Å²) in [6.45, 7) is 1.44. The van der Waals surface area contributed by atoms with Crippen molar-refractivity contribution in [1.29, 1.82) is 0 Å². The molecule has 1 fully saturated rings. The quantitative estimate of drug-likeness (QED) is 0.503. The second-order valence-electron chi connectivity index (χ2n) is 3.39. The van der Waals surface area contributed by atoms with Gasteiger partial charge < -0.3 is 16.4 Å². The van der Waals surface area contributed by atoms with Crippen LogP contribution < -0.4 is 34.5 Å². The van der Waals surface area contributed by atoms with Gasteiger partial charge in [0.2, 0.25) is 0 Å². The summed E-state index contributed by atoms with van der Waals surface area (Å²) in [5.74, 6) is 0.815. The van der Waals surface area contributed by atoms with E-state index in [0.717, 1.165) is 18.8 Å². The SMILES string of the molecule is OC1CCN(c2[nH]ccc(=S)c2Cl)C1.[H-].[Na+]. The van der Waals surface area contributed by atoms with Crippen LogP contribution in [0.15, 0.2) is 12.3 Å². The molecule has 0 bridgehead atoms. The largest absolute Gasteiger partial charge is 1.00 e. The molecule has 1 aromatic rings. The molecule has 15 heavy (non-hydrogen) atoms. The molecule has 3 nitrogen and oxygen atoms in total. The Hall–Kier alpha value is 0.420. The molecule has 2 N–H and O–H groups in total. The van der Waals surface area contributed by atoms with Crippen LogP contribution in [0.1, 0.15) is 7.85 Å². The molecule has 2 rings (SSSR count). The van der Waals surface area contributed by atoms with Crippen LogP contribution >= 0.6 is 23.8 Å². The summed E-state index contributed by atoms with van der Waals surface area (Å²) < 4.78 is 0.641. The van der Waals surface area contributed by atoms with Crippen molar-refractivity contribution in [3.63, 3.8) is 0 Å². The number of halogens is 1. The summed E-state index contributed by atoms with van der Waals surface area (Å²) in [4.78, 5) is 5.07. The van der Waals surface area contributed by atoms with Crippen LogP contribution in [0.25, 0.3) is 0 Å². The zero-order valence-corrected chi connectivity index (χ0v) is 12.1. The predicted molar refractivity (Wildman–Crippen MR) is 60.6 cm³/mol. The Morgan fingerprint density at radius 1 is 1.67 bits per heavy atom. The molecular formula is C9H12ClN2NaOS. The number of aliphatic hydroxyl groups excluding tert-OH is 1. The number of pyridine rings is 1. The minimum Gasteiger partial charge on any atom is -1.00 e. The van der Waals surface area contributed by atoms with Crippen molar-refractivity contribution in [2.24, 2.45) is 0 Å². The fourth-order valence-corrected chi connectivity index (χ4v) is 2.03. The minimum atomic E-state index is -0.256. The van der Waals surface area contributed by atoms with E-state index in [2.05, 4.69) is 4.98 Å². The van der Waals surface area contributed by atoms with E-state index in [4.69, 9.17) is 23.8 Å². The Kier molecular flexibility index (Phi) is 5.09. The number of hydrogen-bond acceptors (Lipinski definition) is 3. The van der Waals surface area contributed by atoms with E-state index >= 15 is 0 Å². The number of β-amino-alcohol motifs (C(OH)–C–C–N with tert-alkyl or cyclic N) is 1. The van der Waals surface area contributed by atoms with Crippen LogP contribution in [0.3, 0.4) is 0 Å². The molecule has 6 heteroatoms. The molecule has 0 radical (unpaired) electrons. The molecule has 78 valence electrons. The van der Waals surface area contributed by atoms with Crippen LogP contribution in [0.5, 0.6) is 0 Å². The molecule has 1 saturated heterocycles. The fourth-order valence-electron chi connectivity index (χ4n) is 1.62. The maximum Gasteiger partial charge on any atom is 1.00 e. The van der Waals surface area contributed by atoms with E-state index in [1.165, 1.54) is 0 Å². The van der Waals surface area contributed by atoms with Gasteiger partial charge in [-0.1, -0.05) is 23.8 Å². The van der Waals surface area contributed by atoms with Gasteiger partial charge in [0.1, 0.15) is 5.82 Å². The summed E-state index contributed by atoms with van der Waals surface area (Å²) in [6, 6.07) is 1.76. The van der Waals surface area contributed by atoms with Crippen molar-refractivity contribution >= 4 is 29.6 Å². The molecule has 1 atom stereocenters. The summed E-state index contributed by atoms with van der Waals surface area (Å²) in [6.07, 6.45) is 2.30. The van der Waals surface area contributed by atoms with E-state index in [0.29, 0.717) is 16.1 Å². The van der Waals surface area contributed by atoms with E-state index in [9.17, 15) is 5.11 Å². The standard InChI is InChI=1S/C9H11ClN2OS.Na.H/c10-8-7(14)1-3-11-9(8)12-4-2-6(13)5-12;;/h1,3,6,13H,2,4-5H2,(H,11,14);;/q;+1;-1. The van der Waals surface area contributed by atoms with E-state index in [1.807, 2.05) is 4.90 Å². The van der Waals surface area contributed by atoms with Gasteiger partial charge in [-0.15, -0.1) is 0 Å². The topological polar surface area (TPSA) is 39.3 Å². The van der Waals surface area contributed by atoms with Gasteiger partial charge in [-0.3, -0.25) is 0 Å². The number of hydrogen-bond donors (Lipinski definition) is 2. The Bertz CT molecular complexity index is 403. The van der Waals surface area contributed by atoms with Crippen LogP contribution in [-0.2, 0) is 0 Å². The van der Waals surface area contributed by atoms with Crippen molar-refractivity contribution in [3.8, 4) is 0 Å². The van der Waals surface area contributed by atoms with Crippen LogP contribution in [0.2, 0.25) is 5.02 Å². The number of nitrogens with one attached hydrogen (secondary N) is 1. The van der Waals surface area contributed by atoms with Gasteiger partial charge >= 0.3 is 29.6 Å².